The minimum absolute atomic E-state index is 0.505. The van der Waals surface area contributed by atoms with Gasteiger partial charge in [-0.3, -0.25) is 4.90 Å². The summed E-state index contributed by atoms with van der Waals surface area (Å²) in [5.74, 6) is 0. The van der Waals surface area contributed by atoms with Gasteiger partial charge in [-0.2, -0.15) is 0 Å². The summed E-state index contributed by atoms with van der Waals surface area (Å²) in [6, 6.07) is 0. The van der Waals surface area contributed by atoms with Gasteiger partial charge in [-0.05, 0) is 26.8 Å². The summed E-state index contributed by atoms with van der Waals surface area (Å²) in [7, 11) is 0. The minimum atomic E-state index is -1.04. The molecule has 0 amide bonds. The van der Waals surface area contributed by atoms with E-state index in [2.05, 4.69) is 10.2 Å². The van der Waals surface area contributed by atoms with Crippen LogP contribution in [0.1, 0.15) is 20.3 Å². The normalized spacial score (nSPS) is 27.9. The van der Waals surface area contributed by atoms with Gasteiger partial charge < -0.3 is 5.32 Å². The highest BCUT2D eigenvalue weighted by Crippen LogP contribution is 2.34. The molecule has 3 heteroatoms. The van der Waals surface area contributed by atoms with E-state index in [0.29, 0.717) is 12.0 Å². The zero-order valence-corrected chi connectivity index (χ0v) is 8.57. The summed E-state index contributed by atoms with van der Waals surface area (Å²) in [4.78, 5) is 2.26. The zero-order chi connectivity index (χ0) is 9.53. The number of likely N-dealkylation sites (tertiary alicyclic amines) is 1. The third kappa shape index (κ3) is 2.02. The summed E-state index contributed by atoms with van der Waals surface area (Å²) in [6.45, 7) is 8.36. The van der Waals surface area contributed by atoms with Crippen molar-refractivity contribution in [2.75, 3.05) is 32.7 Å². The molecule has 2 saturated heterocycles. The predicted molar refractivity (Wildman–Crippen MR) is 51.5 cm³/mol. The molecule has 0 aromatic rings. The van der Waals surface area contributed by atoms with Crippen molar-refractivity contribution >= 4 is 0 Å². The van der Waals surface area contributed by atoms with Gasteiger partial charge in [0, 0.05) is 31.6 Å². The molecule has 1 spiro atoms. The van der Waals surface area contributed by atoms with E-state index >= 15 is 0 Å². The number of nitrogens with one attached hydrogen (secondary N) is 1. The van der Waals surface area contributed by atoms with E-state index in [1.54, 1.807) is 13.8 Å². The zero-order valence-electron chi connectivity index (χ0n) is 8.57. The molecule has 2 heterocycles. The molecule has 0 aromatic carbocycles. The highest BCUT2D eigenvalue weighted by molar-refractivity contribution is 5.00. The quantitative estimate of drug-likeness (QED) is 0.693. The van der Waals surface area contributed by atoms with Crippen LogP contribution in [0.15, 0.2) is 0 Å². The summed E-state index contributed by atoms with van der Waals surface area (Å²) < 4.78 is 13.4. The maximum atomic E-state index is 13.4. The van der Waals surface area contributed by atoms with Gasteiger partial charge in [0.2, 0.25) is 0 Å². The molecular formula is C10H19FN2. The second kappa shape index (κ2) is 2.92. The van der Waals surface area contributed by atoms with Crippen molar-refractivity contribution in [2.24, 2.45) is 5.41 Å². The fraction of sp³-hybridized carbons (Fsp3) is 1.00. The molecule has 0 aromatic heterocycles. The Kier molecular flexibility index (Phi) is 2.11. The Morgan fingerprint density at radius 3 is 2.54 bits per heavy atom. The molecule has 2 fully saturated rings. The van der Waals surface area contributed by atoms with Crippen LogP contribution >= 0.6 is 0 Å². The summed E-state index contributed by atoms with van der Waals surface area (Å²) in [5, 5.41) is 3.31. The molecule has 0 atom stereocenters. The van der Waals surface area contributed by atoms with Crippen LogP contribution in [0.25, 0.3) is 0 Å². The van der Waals surface area contributed by atoms with Gasteiger partial charge in [0.25, 0.3) is 0 Å². The molecule has 13 heavy (non-hydrogen) atoms. The predicted octanol–water partition coefficient (Wildman–Crippen LogP) is 1.03. The maximum Gasteiger partial charge on any atom is 0.118 e. The molecular weight excluding hydrogens is 167 g/mol. The first kappa shape index (κ1) is 9.41. The molecule has 2 rings (SSSR count). The smallest absolute Gasteiger partial charge is 0.118 e. The van der Waals surface area contributed by atoms with Crippen molar-refractivity contribution in [3.8, 4) is 0 Å². The van der Waals surface area contributed by atoms with Crippen molar-refractivity contribution < 1.29 is 4.39 Å². The lowest BCUT2D eigenvalue weighted by atomic mass is 9.81. The van der Waals surface area contributed by atoms with Gasteiger partial charge in [-0.15, -0.1) is 0 Å². The van der Waals surface area contributed by atoms with Gasteiger partial charge >= 0.3 is 0 Å². The van der Waals surface area contributed by atoms with Crippen molar-refractivity contribution in [2.45, 2.75) is 25.9 Å². The Morgan fingerprint density at radius 2 is 2.15 bits per heavy atom. The lowest BCUT2D eigenvalue weighted by molar-refractivity contribution is 0.116. The number of hydrogen-bond acceptors (Lipinski definition) is 2. The highest BCUT2D eigenvalue weighted by atomic mass is 19.1. The molecule has 0 bridgehead atoms. The summed E-state index contributed by atoms with van der Waals surface area (Å²) in [5.41, 5.74) is -0.534. The SMILES string of the molecule is CC(C)(F)CN1CCC2(CNC2)C1. The number of nitrogens with zero attached hydrogens (tertiary/aromatic N) is 1. The van der Waals surface area contributed by atoms with Crippen molar-refractivity contribution in [3.63, 3.8) is 0 Å². The van der Waals surface area contributed by atoms with E-state index in [1.807, 2.05) is 0 Å². The Hall–Kier alpha value is -0.150. The maximum absolute atomic E-state index is 13.4. The highest BCUT2D eigenvalue weighted by Gasteiger charge is 2.43. The van der Waals surface area contributed by atoms with E-state index in [-0.39, 0.29) is 0 Å². The third-order valence-electron chi connectivity index (χ3n) is 3.12. The molecule has 2 nitrogen and oxygen atoms in total. The number of alkyl halides is 1. The average molecular weight is 186 g/mol. The second-order valence-corrected chi connectivity index (χ2v) is 5.28. The Bertz CT molecular complexity index is 194. The summed E-state index contributed by atoms with van der Waals surface area (Å²) in [6.07, 6.45) is 1.25. The van der Waals surface area contributed by atoms with E-state index < -0.39 is 5.67 Å². The average Bonchev–Trinajstić information content (AvgIpc) is 2.26. The largest absolute Gasteiger partial charge is 0.315 e. The van der Waals surface area contributed by atoms with Crippen LogP contribution in [-0.2, 0) is 0 Å². The van der Waals surface area contributed by atoms with Gasteiger partial charge in [0.1, 0.15) is 5.67 Å². The second-order valence-electron chi connectivity index (χ2n) is 5.28. The molecule has 0 saturated carbocycles. The van der Waals surface area contributed by atoms with Crippen LogP contribution in [0.5, 0.6) is 0 Å². The van der Waals surface area contributed by atoms with Gasteiger partial charge in [-0.1, -0.05) is 0 Å². The Balaban J connectivity index is 1.84. The van der Waals surface area contributed by atoms with Gasteiger partial charge in [0.05, 0.1) is 0 Å². The first-order valence-corrected chi connectivity index (χ1v) is 5.11. The van der Waals surface area contributed by atoms with E-state index in [0.717, 1.165) is 26.2 Å². The molecule has 76 valence electrons. The Morgan fingerprint density at radius 1 is 1.46 bits per heavy atom. The fourth-order valence-electron chi connectivity index (χ4n) is 2.46. The standard InChI is InChI=1S/C10H19FN2/c1-9(2,11)7-13-4-3-10(8-13)5-12-6-10/h12H,3-8H2,1-2H3. The number of hydrogen-bond donors (Lipinski definition) is 1. The van der Waals surface area contributed by atoms with Crippen molar-refractivity contribution in [1.82, 2.24) is 10.2 Å². The third-order valence-corrected chi connectivity index (χ3v) is 3.12. The van der Waals surface area contributed by atoms with Crippen LogP contribution in [0.2, 0.25) is 0 Å². The van der Waals surface area contributed by atoms with Crippen LogP contribution in [0.4, 0.5) is 4.39 Å². The van der Waals surface area contributed by atoms with E-state index in [4.69, 9.17) is 0 Å². The minimum Gasteiger partial charge on any atom is -0.315 e. The molecule has 2 aliphatic heterocycles. The lowest BCUT2D eigenvalue weighted by Crippen LogP contribution is -2.55. The summed E-state index contributed by atoms with van der Waals surface area (Å²) >= 11 is 0. The molecule has 0 radical (unpaired) electrons. The van der Waals surface area contributed by atoms with Gasteiger partial charge in [0.15, 0.2) is 0 Å². The van der Waals surface area contributed by atoms with Crippen molar-refractivity contribution in [1.29, 1.82) is 0 Å². The van der Waals surface area contributed by atoms with Gasteiger partial charge in [-0.25, -0.2) is 4.39 Å². The molecule has 2 aliphatic rings. The van der Waals surface area contributed by atoms with Crippen LogP contribution in [-0.4, -0.2) is 43.3 Å². The topological polar surface area (TPSA) is 15.3 Å². The molecule has 0 aliphatic carbocycles. The fourth-order valence-corrected chi connectivity index (χ4v) is 2.46. The molecule has 0 unspecified atom stereocenters. The van der Waals surface area contributed by atoms with Crippen molar-refractivity contribution in [3.05, 3.63) is 0 Å². The first-order chi connectivity index (χ1) is 5.99. The Labute approximate surface area is 79.5 Å². The monoisotopic (exact) mass is 186 g/mol. The van der Waals surface area contributed by atoms with E-state index in [1.165, 1.54) is 6.42 Å². The van der Waals surface area contributed by atoms with Crippen LogP contribution in [0, 0.1) is 5.41 Å². The number of halogens is 1. The van der Waals surface area contributed by atoms with Crippen LogP contribution < -0.4 is 5.32 Å². The molecule has 1 N–H and O–H groups in total. The number of rotatable bonds is 2. The lowest BCUT2D eigenvalue weighted by Gasteiger charge is -2.39. The van der Waals surface area contributed by atoms with Crippen LogP contribution in [0.3, 0.4) is 0 Å². The van der Waals surface area contributed by atoms with E-state index in [9.17, 15) is 4.39 Å². The first-order valence-electron chi connectivity index (χ1n) is 5.11.